The second-order valence-corrected chi connectivity index (χ2v) is 10.6. The van der Waals surface area contributed by atoms with Gasteiger partial charge >= 0.3 is 5.97 Å². The number of rotatable bonds is 12. The van der Waals surface area contributed by atoms with Crippen molar-refractivity contribution >= 4 is 29.3 Å². The van der Waals surface area contributed by atoms with Crippen LogP contribution >= 0.6 is 11.8 Å². The maximum Gasteiger partial charge on any atom is 0.305 e. The second kappa shape index (κ2) is 12.3. The molecule has 2 aromatic carbocycles. The van der Waals surface area contributed by atoms with Crippen molar-refractivity contribution in [2.24, 2.45) is 5.92 Å². The lowest BCUT2D eigenvalue weighted by Crippen LogP contribution is -2.40. The van der Waals surface area contributed by atoms with Crippen LogP contribution in [0.4, 0.5) is 5.69 Å². The molecule has 3 rings (SSSR count). The van der Waals surface area contributed by atoms with E-state index in [2.05, 4.69) is 50.4 Å². The first kappa shape index (κ1) is 26.1. The maximum atomic E-state index is 12.7. The number of benzene rings is 2. The number of hydrogen-bond donors (Lipinski definition) is 2. The van der Waals surface area contributed by atoms with Crippen LogP contribution in [-0.2, 0) is 4.79 Å². The zero-order chi connectivity index (χ0) is 24.7. The molecule has 3 atom stereocenters. The summed E-state index contributed by atoms with van der Waals surface area (Å²) < 4.78 is 0. The van der Waals surface area contributed by atoms with Gasteiger partial charge < -0.3 is 15.3 Å². The fourth-order valence-corrected chi connectivity index (χ4v) is 6.60. The van der Waals surface area contributed by atoms with E-state index in [-0.39, 0.29) is 18.9 Å². The summed E-state index contributed by atoms with van der Waals surface area (Å²) in [5, 5.41) is 13.2. The summed E-state index contributed by atoms with van der Waals surface area (Å²) in [5.74, 6) is -0.0129. The lowest BCUT2D eigenvalue weighted by Gasteiger charge is -2.35. The summed E-state index contributed by atoms with van der Waals surface area (Å²) in [6, 6.07) is 16.7. The molecule has 0 fully saturated rings. The van der Waals surface area contributed by atoms with Gasteiger partial charge in [0.2, 0.25) is 0 Å². The van der Waals surface area contributed by atoms with Gasteiger partial charge in [-0.2, -0.15) is 0 Å². The predicted octanol–water partition coefficient (Wildman–Crippen LogP) is 6.51. The van der Waals surface area contributed by atoms with Crippen LogP contribution in [0.1, 0.15) is 74.7 Å². The van der Waals surface area contributed by atoms with Gasteiger partial charge in [0.15, 0.2) is 0 Å². The highest BCUT2D eigenvalue weighted by Crippen LogP contribution is 2.49. The molecular formula is C28H38N2O3S. The van der Waals surface area contributed by atoms with Crippen molar-refractivity contribution in [3.63, 3.8) is 0 Å². The highest BCUT2D eigenvalue weighted by Gasteiger charge is 2.38. The number of carboxylic acids is 1. The lowest BCUT2D eigenvalue weighted by molar-refractivity contribution is -0.137. The summed E-state index contributed by atoms with van der Waals surface area (Å²) in [6.07, 6.45) is 4.65. The molecule has 1 heterocycles. The Hall–Kier alpha value is -2.47. The molecule has 1 aliphatic rings. The molecule has 0 saturated heterocycles. The molecular weight excluding hydrogens is 444 g/mol. The van der Waals surface area contributed by atoms with Crippen LogP contribution in [-0.4, -0.2) is 46.8 Å². The molecule has 3 unspecified atom stereocenters. The minimum atomic E-state index is -0.903. The van der Waals surface area contributed by atoms with Crippen LogP contribution in [0.15, 0.2) is 53.4 Å². The Balaban J connectivity index is 1.79. The van der Waals surface area contributed by atoms with E-state index in [0.717, 1.165) is 18.5 Å². The van der Waals surface area contributed by atoms with E-state index in [1.54, 1.807) is 7.05 Å². The molecule has 2 aromatic rings. The normalized spacial score (nSPS) is 17.9. The number of aliphatic carboxylic acids is 1. The highest BCUT2D eigenvalue weighted by molar-refractivity contribution is 8.00. The van der Waals surface area contributed by atoms with Gasteiger partial charge in [0, 0.05) is 41.0 Å². The third-order valence-electron chi connectivity index (χ3n) is 6.82. The minimum Gasteiger partial charge on any atom is -0.481 e. The first-order chi connectivity index (χ1) is 16.3. The molecule has 184 valence electrons. The second-order valence-electron chi connectivity index (χ2n) is 9.36. The summed E-state index contributed by atoms with van der Waals surface area (Å²) in [4.78, 5) is 26.3. The third kappa shape index (κ3) is 6.35. The van der Waals surface area contributed by atoms with Crippen LogP contribution < -0.4 is 5.32 Å². The Kier molecular flexibility index (Phi) is 9.45. The van der Waals surface area contributed by atoms with E-state index in [9.17, 15) is 9.59 Å². The number of fused-ring (bicyclic) bond motifs is 1. The van der Waals surface area contributed by atoms with E-state index < -0.39 is 5.97 Å². The standard InChI is InChI=1S/C28H38N2O3S/c1-5-9-20(10-6-2)26(27-19(3)23-11-7-8-12-24(23)34-27)29-22-15-13-21(14-16-22)28(33)30(4)18-17-25(31)32/h7-8,11-16,19-20,26-27,29H,5-6,9-10,17-18H2,1-4H3,(H,31,32). The van der Waals surface area contributed by atoms with Gasteiger partial charge in [-0.1, -0.05) is 51.8 Å². The Morgan fingerprint density at radius 1 is 1.06 bits per heavy atom. The Bertz CT molecular complexity index is 956. The molecule has 1 aliphatic heterocycles. The zero-order valence-corrected chi connectivity index (χ0v) is 21.6. The molecule has 34 heavy (non-hydrogen) atoms. The average molecular weight is 483 g/mol. The van der Waals surface area contributed by atoms with Gasteiger partial charge in [-0.25, -0.2) is 0 Å². The number of carbonyl (C=O) groups excluding carboxylic acids is 1. The number of carboxylic acid groups (broad SMARTS) is 1. The van der Waals surface area contributed by atoms with Crippen LogP contribution in [0, 0.1) is 5.92 Å². The lowest BCUT2D eigenvalue weighted by atomic mass is 9.83. The number of amides is 1. The smallest absolute Gasteiger partial charge is 0.305 e. The van der Waals surface area contributed by atoms with Crippen molar-refractivity contribution in [3.05, 3.63) is 59.7 Å². The van der Waals surface area contributed by atoms with E-state index in [4.69, 9.17) is 5.11 Å². The summed E-state index contributed by atoms with van der Waals surface area (Å²) in [6.45, 7) is 7.08. The van der Waals surface area contributed by atoms with E-state index >= 15 is 0 Å². The van der Waals surface area contributed by atoms with Crippen LogP contribution in [0.5, 0.6) is 0 Å². The molecule has 0 aliphatic carbocycles. The third-order valence-corrected chi connectivity index (χ3v) is 8.42. The minimum absolute atomic E-state index is 0.0561. The SMILES string of the molecule is CCCC(CCC)C(Nc1ccc(C(=O)N(C)CCC(=O)O)cc1)C1Sc2ccccc2C1C. The predicted molar refractivity (Wildman–Crippen MR) is 141 cm³/mol. The summed E-state index contributed by atoms with van der Waals surface area (Å²) >= 11 is 2.00. The summed E-state index contributed by atoms with van der Waals surface area (Å²) in [7, 11) is 1.64. The number of nitrogens with zero attached hydrogens (tertiary/aromatic N) is 1. The van der Waals surface area contributed by atoms with E-state index in [0.29, 0.717) is 28.7 Å². The molecule has 5 nitrogen and oxygen atoms in total. The fourth-order valence-electron chi connectivity index (χ4n) is 4.97. The molecule has 0 radical (unpaired) electrons. The highest BCUT2D eigenvalue weighted by atomic mass is 32.2. The van der Waals surface area contributed by atoms with Gasteiger partial charge in [0.1, 0.15) is 0 Å². The fraction of sp³-hybridized carbons (Fsp3) is 0.500. The maximum absolute atomic E-state index is 12.7. The molecule has 0 spiro atoms. The van der Waals surface area contributed by atoms with Crippen molar-refractivity contribution in [1.29, 1.82) is 0 Å². The number of hydrogen-bond acceptors (Lipinski definition) is 4. The molecule has 0 aromatic heterocycles. The number of carbonyl (C=O) groups is 2. The summed E-state index contributed by atoms with van der Waals surface area (Å²) in [5.41, 5.74) is 3.04. The first-order valence-electron chi connectivity index (χ1n) is 12.4. The quantitative estimate of drug-likeness (QED) is 0.361. The monoisotopic (exact) mass is 482 g/mol. The molecule has 1 amide bonds. The molecule has 0 saturated carbocycles. The van der Waals surface area contributed by atoms with E-state index in [1.165, 1.54) is 28.2 Å². The topological polar surface area (TPSA) is 69.6 Å². The van der Waals surface area contributed by atoms with Crippen molar-refractivity contribution in [2.75, 3.05) is 18.9 Å². The van der Waals surface area contributed by atoms with E-state index in [1.807, 2.05) is 36.0 Å². The van der Waals surface area contributed by atoms with Crippen LogP contribution in [0.2, 0.25) is 0 Å². The number of nitrogens with one attached hydrogen (secondary N) is 1. The van der Waals surface area contributed by atoms with Crippen molar-refractivity contribution < 1.29 is 14.7 Å². The van der Waals surface area contributed by atoms with Gasteiger partial charge in [0.05, 0.1) is 6.42 Å². The van der Waals surface area contributed by atoms with Gasteiger partial charge in [-0.05, 0) is 60.6 Å². The Morgan fingerprint density at radius 2 is 1.71 bits per heavy atom. The largest absolute Gasteiger partial charge is 0.481 e. The molecule has 0 bridgehead atoms. The van der Waals surface area contributed by atoms with Gasteiger partial charge in [-0.15, -0.1) is 11.8 Å². The Morgan fingerprint density at radius 3 is 2.29 bits per heavy atom. The average Bonchev–Trinajstić information content (AvgIpc) is 3.17. The van der Waals surface area contributed by atoms with Gasteiger partial charge in [-0.3, -0.25) is 9.59 Å². The van der Waals surface area contributed by atoms with Crippen LogP contribution in [0.3, 0.4) is 0 Å². The molecule has 6 heteroatoms. The van der Waals surface area contributed by atoms with Crippen molar-refractivity contribution in [2.45, 2.75) is 75.0 Å². The number of anilines is 1. The molecule has 2 N–H and O–H groups in total. The van der Waals surface area contributed by atoms with Gasteiger partial charge in [0.25, 0.3) is 5.91 Å². The van der Waals surface area contributed by atoms with Crippen molar-refractivity contribution in [1.82, 2.24) is 4.90 Å². The van der Waals surface area contributed by atoms with Crippen LogP contribution in [0.25, 0.3) is 0 Å². The van der Waals surface area contributed by atoms with Crippen molar-refractivity contribution in [3.8, 4) is 0 Å². The Labute approximate surface area is 208 Å². The first-order valence-corrected chi connectivity index (χ1v) is 13.3. The zero-order valence-electron chi connectivity index (χ0n) is 20.8. The number of thioether (sulfide) groups is 1.